The SMILES string of the molecule is CCN(CC)C/C=C/c1c(F)c(F)c(N(C)C)c(F)c1F. The van der Waals surface area contributed by atoms with E-state index in [-0.39, 0.29) is 0 Å². The van der Waals surface area contributed by atoms with Gasteiger partial charge >= 0.3 is 0 Å². The molecule has 0 saturated heterocycles. The average molecular weight is 304 g/mol. The van der Waals surface area contributed by atoms with Crippen LogP contribution >= 0.6 is 0 Å². The summed E-state index contributed by atoms with van der Waals surface area (Å²) in [6, 6.07) is 0. The second-order valence-electron chi connectivity index (χ2n) is 4.80. The first-order valence-corrected chi connectivity index (χ1v) is 6.77. The number of likely N-dealkylation sites (N-methyl/N-ethyl adjacent to an activating group) is 1. The summed E-state index contributed by atoms with van der Waals surface area (Å²) in [5.41, 5.74) is -1.41. The van der Waals surface area contributed by atoms with Gasteiger partial charge in [-0.3, -0.25) is 0 Å². The molecule has 0 fully saturated rings. The summed E-state index contributed by atoms with van der Waals surface area (Å²) in [4.78, 5) is 2.99. The van der Waals surface area contributed by atoms with Crippen LogP contribution in [0.4, 0.5) is 23.2 Å². The van der Waals surface area contributed by atoms with Crippen molar-refractivity contribution in [2.45, 2.75) is 13.8 Å². The van der Waals surface area contributed by atoms with Gasteiger partial charge < -0.3 is 9.80 Å². The van der Waals surface area contributed by atoms with Crippen LogP contribution in [-0.4, -0.2) is 38.6 Å². The maximum atomic E-state index is 13.9. The van der Waals surface area contributed by atoms with Crippen molar-refractivity contribution in [1.82, 2.24) is 4.90 Å². The van der Waals surface area contributed by atoms with Gasteiger partial charge in [0.1, 0.15) is 5.69 Å². The second kappa shape index (κ2) is 7.45. The van der Waals surface area contributed by atoms with Crippen LogP contribution in [-0.2, 0) is 0 Å². The number of rotatable bonds is 6. The van der Waals surface area contributed by atoms with Gasteiger partial charge in [-0.2, -0.15) is 0 Å². The molecule has 6 heteroatoms. The normalized spacial score (nSPS) is 11.7. The molecule has 0 spiro atoms. The molecule has 0 aliphatic rings. The third kappa shape index (κ3) is 3.75. The third-order valence-electron chi connectivity index (χ3n) is 3.26. The summed E-state index contributed by atoms with van der Waals surface area (Å²) in [5.74, 6) is -5.54. The van der Waals surface area contributed by atoms with Crippen molar-refractivity contribution >= 4 is 11.8 Å². The Morgan fingerprint density at radius 3 is 1.71 bits per heavy atom. The molecule has 2 nitrogen and oxygen atoms in total. The molecule has 1 aromatic carbocycles. The highest BCUT2D eigenvalue weighted by Crippen LogP contribution is 2.30. The molecule has 0 bridgehead atoms. The largest absolute Gasteiger partial charge is 0.373 e. The van der Waals surface area contributed by atoms with Gasteiger partial charge in [-0.15, -0.1) is 0 Å². The highest BCUT2D eigenvalue weighted by Gasteiger charge is 2.25. The van der Waals surface area contributed by atoms with E-state index in [0.29, 0.717) is 6.54 Å². The monoisotopic (exact) mass is 304 g/mol. The van der Waals surface area contributed by atoms with Crippen LogP contribution in [0.3, 0.4) is 0 Å². The fraction of sp³-hybridized carbons (Fsp3) is 0.467. The minimum Gasteiger partial charge on any atom is -0.373 e. The molecule has 21 heavy (non-hydrogen) atoms. The summed E-state index contributed by atoms with van der Waals surface area (Å²) in [6.45, 7) is 5.89. The van der Waals surface area contributed by atoms with E-state index in [2.05, 4.69) is 0 Å². The standard InChI is InChI=1S/C15H20F4N2/c1-5-21(6-2)9-7-8-10-11(16)13(18)15(20(3)4)14(19)12(10)17/h7-8H,5-6,9H2,1-4H3/b8-7+. The minimum atomic E-state index is -1.39. The Kier molecular flexibility index (Phi) is 6.20. The van der Waals surface area contributed by atoms with Crippen molar-refractivity contribution in [3.63, 3.8) is 0 Å². The fourth-order valence-corrected chi connectivity index (χ4v) is 1.98. The minimum absolute atomic E-state index is 0.449. The van der Waals surface area contributed by atoms with Crippen LogP contribution in [0, 0.1) is 23.3 Å². The second-order valence-corrected chi connectivity index (χ2v) is 4.80. The number of benzene rings is 1. The summed E-state index contributed by atoms with van der Waals surface area (Å²) in [5, 5.41) is 0. The number of hydrogen-bond acceptors (Lipinski definition) is 2. The molecule has 0 N–H and O–H groups in total. The van der Waals surface area contributed by atoms with Crippen LogP contribution < -0.4 is 4.90 Å². The quantitative estimate of drug-likeness (QED) is 0.584. The van der Waals surface area contributed by atoms with E-state index in [4.69, 9.17) is 0 Å². The zero-order valence-corrected chi connectivity index (χ0v) is 12.7. The fourth-order valence-electron chi connectivity index (χ4n) is 1.98. The molecular weight excluding hydrogens is 284 g/mol. The van der Waals surface area contributed by atoms with Crippen molar-refractivity contribution in [2.75, 3.05) is 38.6 Å². The maximum absolute atomic E-state index is 13.9. The van der Waals surface area contributed by atoms with E-state index in [9.17, 15) is 17.6 Å². The van der Waals surface area contributed by atoms with E-state index in [1.165, 1.54) is 20.2 Å². The Labute approximate surface area is 122 Å². The molecule has 0 heterocycles. The van der Waals surface area contributed by atoms with Crippen molar-refractivity contribution in [2.24, 2.45) is 0 Å². The van der Waals surface area contributed by atoms with Gasteiger partial charge in [-0.05, 0) is 13.1 Å². The lowest BCUT2D eigenvalue weighted by Gasteiger charge is -2.17. The van der Waals surface area contributed by atoms with E-state index in [1.807, 2.05) is 18.7 Å². The van der Waals surface area contributed by atoms with Gasteiger partial charge in [0.25, 0.3) is 0 Å². The average Bonchev–Trinajstić information content (AvgIpc) is 2.44. The first-order chi connectivity index (χ1) is 9.84. The van der Waals surface area contributed by atoms with E-state index >= 15 is 0 Å². The van der Waals surface area contributed by atoms with Gasteiger partial charge in [-0.25, -0.2) is 17.6 Å². The van der Waals surface area contributed by atoms with E-state index in [0.717, 1.165) is 24.1 Å². The molecule has 0 unspecified atom stereocenters. The molecule has 0 atom stereocenters. The predicted molar refractivity (Wildman–Crippen MR) is 77.4 cm³/mol. The van der Waals surface area contributed by atoms with Gasteiger partial charge in [0.05, 0.1) is 5.56 Å². The third-order valence-corrected chi connectivity index (χ3v) is 3.26. The molecule has 0 aromatic heterocycles. The first kappa shape index (κ1) is 17.5. The van der Waals surface area contributed by atoms with Gasteiger partial charge in [0.2, 0.25) is 0 Å². The Morgan fingerprint density at radius 2 is 1.33 bits per heavy atom. The lowest BCUT2D eigenvalue weighted by Crippen LogP contribution is -2.22. The van der Waals surface area contributed by atoms with Crippen molar-refractivity contribution in [3.05, 3.63) is 34.9 Å². The Bertz CT molecular complexity index is 494. The lowest BCUT2D eigenvalue weighted by molar-refractivity contribution is 0.338. The zero-order valence-electron chi connectivity index (χ0n) is 12.7. The van der Waals surface area contributed by atoms with E-state index in [1.54, 1.807) is 0 Å². The summed E-state index contributed by atoms with van der Waals surface area (Å²) in [7, 11) is 2.63. The van der Waals surface area contributed by atoms with Gasteiger partial charge in [-0.1, -0.05) is 26.0 Å². The number of halogens is 4. The van der Waals surface area contributed by atoms with Crippen molar-refractivity contribution in [3.8, 4) is 0 Å². The Morgan fingerprint density at radius 1 is 0.857 bits per heavy atom. The molecule has 0 aliphatic heterocycles. The van der Waals surface area contributed by atoms with Gasteiger partial charge in [0, 0.05) is 20.6 Å². The number of hydrogen-bond donors (Lipinski definition) is 0. The molecular formula is C15H20F4N2. The van der Waals surface area contributed by atoms with Crippen LogP contribution in [0.1, 0.15) is 19.4 Å². The highest BCUT2D eigenvalue weighted by molar-refractivity contribution is 5.59. The van der Waals surface area contributed by atoms with Crippen LogP contribution in [0.5, 0.6) is 0 Å². The van der Waals surface area contributed by atoms with Crippen LogP contribution in [0.25, 0.3) is 6.08 Å². The molecule has 0 amide bonds. The first-order valence-electron chi connectivity index (χ1n) is 6.77. The Balaban J connectivity index is 3.18. The predicted octanol–water partition coefficient (Wildman–Crippen LogP) is 3.66. The molecule has 118 valence electrons. The summed E-state index contributed by atoms with van der Waals surface area (Å²) < 4.78 is 55.4. The molecule has 0 radical (unpaired) electrons. The maximum Gasteiger partial charge on any atom is 0.185 e. The Hall–Kier alpha value is -1.56. The number of nitrogens with zero attached hydrogens (tertiary/aromatic N) is 2. The van der Waals surface area contributed by atoms with Crippen LogP contribution in [0.2, 0.25) is 0 Å². The molecule has 0 aliphatic carbocycles. The van der Waals surface area contributed by atoms with Crippen molar-refractivity contribution < 1.29 is 17.6 Å². The van der Waals surface area contributed by atoms with Crippen LogP contribution in [0.15, 0.2) is 6.08 Å². The summed E-state index contributed by atoms with van der Waals surface area (Å²) in [6.07, 6.45) is 2.57. The zero-order chi connectivity index (χ0) is 16.2. The summed E-state index contributed by atoms with van der Waals surface area (Å²) >= 11 is 0. The molecule has 0 saturated carbocycles. The molecule has 1 aromatic rings. The van der Waals surface area contributed by atoms with E-state index < -0.39 is 34.5 Å². The topological polar surface area (TPSA) is 6.48 Å². The van der Waals surface area contributed by atoms with Gasteiger partial charge in [0.15, 0.2) is 23.3 Å². The number of anilines is 1. The highest BCUT2D eigenvalue weighted by atomic mass is 19.2. The molecule has 1 rings (SSSR count). The van der Waals surface area contributed by atoms with Crippen molar-refractivity contribution in [1.29, 1.82) is 0 Å². The lowest BCUT2D eigenvalue weighted by atomic mass is 10.1. The smallest absolute Gasteiger partial charge is 0.185 e.